The molecule has 2 aromatic carbocycles. The summed E-state index contributed by atoms with van der Waals surface area (Å²) in [6.07, 6.45) is -1.97. The van der Waals surface area contributed by atoms with E-state index >= 15 is 0 Å². The van der Waals surface area contributed by atoms with Gasteiger partial charge in [-0.3, -0.25) is 9.59 Å². The van der Waals surface area contributed by atoms with E-state index in [9.17, 15) is 31.2 Å². The van der Waals surface area contributed by atoms with Gasteiger partial charge in [0.1, 0.15) is 0 Å². The molecular formula is C25H28F3N3O4S. The summed E-state index contributed by atoms with van der Waals surface area (Å²) in [4.78, 5) is 24.1. The highest BCUT2D eigenvalue weighted by molar-refractivity contribution is 7.89. The normalized spacial score (nSPS) is 16.2. The smallest absolute Gasteiger partial charge is 0.352 e. The molecule has 0 atom stereocenters. The molecule has 1 fully saturated rings. The summed E-state index contributed by atoms with van der Waals surface area (Å²) < 4.78 is 65.3. The maximum atomic E-state index is 13.0. The number of hydrogen-bond acceptors (Lipinski definition) is 4. The molecule has 2 N–H and O–H groups in total. The minimum Gasteiger partial charge on any atom is -0.352 e. The molecule has 0 aromatic heterocycles. The quantitative estimate of drug-likeness (QED) is 0.518. The largest absolute Gasteiger partial charge is 0.416 e. The van der Waals surface area contributed by atoms with Crippen LogP contribution in [0.4, 0.5) is 13.2 Å². The number of carbonyl (C=O) groups excluding carboxylic acids is 2. The van der Waals surface area contributed by atoms with Crippen molar-refractivity contribution in [2.75, 3.05) is 19.6 Å². The number of amides is 2. The van der Waals surface area contributed by atoms with E-state index in [0.717, 1.165) is 12.1 Å². The molecular weight excluding hydrogens is 495 g/mol. The molecule has 0 aliphatic carbocycles. The van der Waals surface area contributed by atoms with Crippen LogP contribution < -0.4 is 10.6 Å². The van der Waals surface area contributed by atoms with E-state index in [4.69, 9.17) is 0 Å². The predicted octanol–water partition coefficient (Wildman–Crippen LogP) is 3.52. The third-order valence-electron chi connectivity index (χ3n) is 6.17. The highest BCUT2D eigenvalue weighted by atomic mass is 32.2. The Labute approximate surface area is 208 Å². The summed E-state index contributed by atoms with van der Waals surface area (Å²) >= 11 is 0. The van der Waals surface area contributed by atoms with Gasteiger partial charge in [0.05, 0.1) is 10.5 Å². The van der Waals surface area contributed by atoms with Crippen molar-refractivity contribution in [3.05, 3.63) is 77.9 Å². The first-order chi connectivity index (χ1) is 16.8. The number of alkyl halides is 3. The Morgan fingerprint density at radius 1 is 1.06 bits per heavy atom. The Balaban J connectivity index is 1.54. The van der Waals surface area contributed by atoms with Crippen LogP contribution in [0.2, 0.25) is 0 Å². The Hall–Kier alpha value is -3.18. The molecule has 0 radical (unpaired) electrons. The summed E-state index contributed by atoms with van der Waals surface area (Å²) in [7, 11) is -3.77. The molecule has 1 aliphatic rings. The monoisotopic (exact) mass is 523 g/mol. The van der Waals surface area contributed by atoms with Crippen LogP contribution in [0.3, 0.4) is 0 Å². The number of halogens is 3. The van der Waals surface area contributed by atoms with E-state index in [1.165, 1.54) is 46.8 Å². The van der Waals surface area contributed by atoms with Crippen LogP contribution in [-0.2, 0) is 27.4 Å². The van der Waals surface area contributed by atoms with E-state index in [1.54, 1.807) is 0 Å². The minimum absolute atomic E-state index is 0.0579. The van der Waals surface area contributed by atoms with Gasteiger partial charge in [-0.15, -0.1) is 0 Å². The molecule has 2 amide bonds. The number of benzene rings is 2. The van der Waals surface area contributed by atoms with Crippen molar-refractivity contribution in [3.8, 4) is 0 Å². The van der Waals surface area contributed by atoms with Crippen LogP contribution in [0.15, 0.2) is 66.1 Å². The maximum Gasteiger partial charge on any atom is 0.416 e. The van der Waals surface area contributed by atoms with Crippen LogP contribution >= 0.6 is 0 Å². The third-order valence-corrected chi connectivity index (χ3v) is 8.08. The molecule has 7 nitrogen and oxygen atoms in total. The van der Waals surface area contributed by atoms with Crippen molar-refractivity contribution in [1.82, 2.24) is 14.9 Å². The molecule has 3 rings (SSSR count). The Morgan fingerprint density at radius 3 is 2.17 bits per heavy atom. The summed E-state index contributed by atoms with van der Waals surface area (Å²) in [6.45, 7) is 5.98. The molecule has 2 aromatic rings. The number of hydrogen-bond donors (Lipinski definition) is 2. The predicted molar refractivity (Wildman–Crippen MR) is 129 cm³/mol. The summed E-state index contributed by atoms with van der Waals surface area (Å²) in [5.41, 5.74) is -0.339. The zero-order valence-corrected chi connectivity index (χ0v) is 20.6. The van der Waals surface area contributed by atoms with Gasteiger partial charge < -0.3 is 10.6 Å². The molecule has 1 saturated heterocycles. The number of piperidine rings is 1. The molecule has 194 valence electrons. The van der Waals surface area contributed by atoms with Gasteiger partial charge in [-0.05, 0) is 74.2 Å². The van der Waals surface area contributed by atoms with Gasteiger partial charge in [-0.2, -0.15) is 17.5 Å². The average Bonchev–Trinajstić information content (AvgIpc) is 2.84. The maximum absolute atomic E-state index is 13.0. The molecule has 0 spiro atoms. The van der Waals surface area contributed by atoms with Gasteiger partial charge in [0, 0.05) is 30.7 Å². The molecule has 0 unspecified atom stereocenters. The number of nitrogens with one attached hydrogen (secondary N) is 2. The second-order valence-electron chi connectivity index (χ2n) is 8.88. The number of carbonyl (C=O) groups is 2. The highest BCUT2D eigenvalue weighted by Crippen LogP contribution is 2.29. The molecule has 0 bridgehead atoms. The first-order valence-electron chi connectivity index (χ1n) is 11.3. The molecule has 11 heteroatoms. The van der Waals surface area contributed by atoms with Crippen molar-refractivity contribution in [3.63, 3.8) is 0 Å². The van der Waals surface area contributed by atoms with Crippen LogP contribution in [0.1, 0.15) is 41.3 Å². The summed E-state index contributed by atoms with van der Waals surface area (Å²) in [5, 5.41) is 5.52. The SMILES string of the molecule is C=CC(=O)NC1(C)CCN(S(=O)(=O)c2ccc(C(=O)NCCc3ccc(C(F)(F)F)cc3)cc2)CC1. The second-order valence-corrected chi connectivity index (χ2v) is 10.8. The zero-order chi connectivity index (χ0) is 26.6. The van der Waals surface area contributed by atoms with Crippen LogP contribution in [0.5, 0.6) is 0 Å². The third kappa shape index (κ3) is 6.73. The topological polar surface area (TPSA) is 95.6 Å². The molecule has 0 saturated carbocycles. The first kappa shape index (κ1) is 27.4. The van der Waals surface area contributed by atoms with Crippen LogP contribution in [0.25, 0.3) is 0 Å². The Bertz CT molecular complexity index is 1200. The Kier molecular flexibility index (Phi) is 8.25. The van der Waals surface area contributed by atoms with Crippen molar-refractivity contribution in [1.29, 1.82) is 0 Å². The molecule has 1 aliphatic heterocycles. The van der Waals surface area contributed by atoms with Crippen molar-refractivity contribution < 1.29 is 31.2 Å². The summed E-state index contributed by atoms with van der Waals surface area (Å²) in [5.74, 6) is -0.723. The second kappa shape index (κ2) is 10.8. The minimum atomic E-state index is -4.40. The zero-order valence-electron chi connectivity index (χ0n) is 19.8. The van der Waals surface area contributed by atoms with Crippen molar-refractivity contribution in [2.24, 2.45) is 0 Å². The van der Waals surface area contributed by atoms with E-state index in [0.29, 0.717) is 24.8 Å². The fourth-order valence-corrected chi connectivity index (χ4v) is 5.35. The van der Waals surface area contributed by atoms with Gasteiger partial charge >= 0.3 is 6.18 Å². The van der Waals surface area contributed by atoms with Gasteiger partial charge in [-0.1, -0.05) is 18.7 Å². The van der Waals surface area contributed by atoms with E-state index < -0.39 is 33.2 Å². The fourth-order valence-electron chi connectivity index (χ4n) is 3.90. The fraction of sp³-hybridized carbons (Fsp3) is 0.360. The lowest BCUT2D eigenvalue weighted by atomic mass is 9.90. The van der Waals surface area contributed by atoms with E-state index in [1.807, 2.05) is 6.92 Å². The van der Waals surface area contributed by atoms with E-state index in [-0.39, 0.29) is 36.0 Å². The average molecular weight is 524 g/mol. The van der Waals surface area contributed by atoms with Crippen molar-refractivity contribution in [2.45, 2.75) is 42.8 Å². The number of nitrogens with zero attached hydrogens (tertiary/aromatic N) is 1. The van der Waals surface area contributed by atoms with Crippen molar-refractivity contribution >= 4 is 21.8 Å². The number of sulfonamides is 1. The van der Waals surface area contributed by atoms with Gasteiger partial charge in [0.2, 0.25) is 15.9 Å². The summed E-state index contributed by atoms with van der Waals surface area (Å²) in [6, 6.07) is 10.3. The lowest BCUT2D eigenvalue weighted by Gasteiger charge is -2.39. The van der Waals surface area contributed by atoms with Gasteiger partial charge in [0.15, 0.2) is 0 Å². The van der Waals surface area contributed by atoms with Gasteiger partial charge in [0.25, 0.3) is 5.91 Å². The molecule has 1 heterocycles. The Morgan fingerprint density at radius 2 is 1.64 bits per heavy atom. The van der Waals surface area contributed by atoms with Crippen LogP contribution in [-0.4, -0.2) is 49.7 Å². The first-order valence-corrected chi connectivity index (χ1v) is 12.8. The van der Waals surface area contributed by atoms with E-state index in [2.05, 4.69) is 17.2 Å². The highest BCUT2D eigenvalue weighted by Gasteiger charge is 2.36. The lowest BCUT2D eigenvalue weighted by molar-refractivity contribution is -0.137. The van der Waals surface area contributed by atoms with Gasteiger partial charge in [-0.25, -0.2) is 8.42 Å². The standard InChI is InChI=1S/C25H28F3N3O4S/c1-3-22(32)30-24(2)13-16-31(17-14-24)36(34,35)21-10-6-19(7-11-21)23(33)29-15-12-18-4-8-20(9-5-18)25(26,27)28/h3-11H,1,12-17H2,2H3,(H,29,33)(H,30,32). The number of rotatable bonds is 8. The lowest BCUT2D eigenvalue weighted by Crippen LogP contribution is -2.53. The molecule has 36 heavy (non-hydrogen) atoms. The van der Waals surface area contributed by atoms with Crippen LogP contribution in [0, 0.1) is 0 Å².